The van der Waals surface area contributed by atoms with Gasteiger partial charge in [-0.3, -0.25) is 4.90 Å². The maximum Gasteiger partial charge on any atom is 0.327 e. The molecule has 1 aliphatic heterocycles. The van der Waals surface area contributed by atoms with Gasteiger partial charge in [-0.2, -0.15) is 9.97 Å². The van der Waals surface area contributed by atoms with Crippen molar-refractivity contribution in [1.82, 2.24) is 19.9 Å². The fraction of sp³-hybridized carbons (Fsp3) is 0.364. The Hall–Kier alpha value is -3.06. The first-order valence-corrected chi connectivity index (χ1v) is 10.2. The normalized spacial score (nSPS) is 15.5. The van der Waals surface area contributed by atoms with Gasteiger partial charge >= 0.3 is 5.95 Å². The zero-order valence-electron chi connectivity index (χ0n) is 17.1. The Morgan fingerprint density at radius 1 is 1.00 bits per heavy atom. The monoisotopic (exact) mass is 389 g/mol. The van der Waals surface area contributed by atoms with Crippen LogP contribution >= 0.6 is 0 Å². The second-order valence-electron chi connectivity index (χ2n) is 7.66. The first-order chi connectivity index (χ1) is 14.1. The third-order valence-corrected chi connectivity index (χ3v) is 5.53. The van der Waals surface area contributed by atoms with Gasteiger partial charge in [0.15, 0.2) is 11.4 Å². The van der Waals surface area contributed by atoms with Crippen molar-refractivity contribution in [2.75, 3.05) is 31.1 Å². The number of hydrogen-bond acceptors (Lipinski definition) is 6. The standard InChI is InChI=1S/C22H24N6O/c1-4-18-25-19-16-7-5-6-8-17(16)29-20(19)21(26-18)27-9-11-28(12-10-27)22-23-14(2)13-15(3)24-22/h5-8,13H,4,9-12H2,1-3H3/p+1. The van der Waals surface area contributed by atoms with E-state index in [0.29, 0.717) is 0 Å². The van der Waals surface area contributed by atoms with E-state index >= 15 is 0 Å². The van der Waals surface area contributed by atoms with Gasteiger partial charge in [-0.15, -0.1) is 0 Å². The van der Waals surface area contributed by atoms with Crippen LogP contribution in [-0.2, 0) is 6.42 Å². The number of fused-ring (bicyclic) bond motifs is 3. The number of quaternary nitrogens is 1. The molecule has 1 fully saturated rings. The molecule has 3 aromatic heterocycles. The predicted octanol–water partition coefficient (Wildman–Crippen LogP) is 2.38. The molecule has 4 heterocycles. The minimum atomic E-state index is 0.787. The van der Waals surface area contributed by atoms with Gasteiger partial charge in [-0.1, -0.05) is 19.1 Å². The number of anilines is 1. The molecule has 1 aromatic carbocycles. The molecule has 0 amide bonds. The molecular weight excluding hydrogens is 364 g/mol. The van der Waals surface area contributed by atoms with E-state index in [1.54, 1.807) is 0 Å². The van der Waals surface area contributed by atoms with E-state index in [4.69, 9.17) is 14.4 Å². The van der Waals surface area contributed by atoms with Crippen molar-refractivity contribution in [2.24, 2.45) is 0 Å². The highest BCUT2D eigenvalue weighted by atomic mass is 16.3. The molecule has 0 saturated carbocycles. The van der Waals surface area contributed by atoms with E-state index in [0.717, 1.165) is 83.6 Å². The molecule has 7 nitrogen and oxygen atoms in total. The molecule has 1 saturated heterocycles. The van der Waals surface area contributed by atoms with E-state index in [2.05, 4.69) is 27.9 Å². The Kier molecular flexibility index (Phi) is 4.39. The first kappa shape index (κ1) is 18.0. The molecule has 7 heteroatoms. The minimum absolute atomic E-state index is 0.787. The van der Waals surface area contributed by atoms with E-state index in [1.165, 1.54) is 4.90 Å². The smallest absolute Gasteiger partial charge is 0.327 e. The highest BCUT2D eigenvalue weighted by molar-refractivity contribution is 6.05. The van der Waals surface area contributed by atoms with Crippen LogP contribution in [0.3, 0.4) is 0 Å². The Morgan fingerprint density at radius 2 is 1.72 bits per heavy atom. The summed E-state index contributed by atoms with van der Waals surface area (Å²) in [4.78, 5) is 22.5. The van der Waals surface area contributed by atoms with Gasteiger partial charge in [0, 0.05) is 23.2 Å². The number of aryl methyl sites for hydroxylation is 3. The Bertz CT molecular complexity index is 1170. The molecular formula is C22H25N6O+. The molecule has 0 unspecified atom stereocenters. The fourth-order valence-electron chi connectivity index (χ4n) is 4.09. The summed E-state index contributed by atoms with van der Waals surface area (Å²) in [7, 11) is 0. The zero-order valence-corrected chi connectivity index (χ0v) is 17.1. The molecule has 0 aliphatic carbocycles. The summed E-state index contributed by atoms with van der Waals surface area (Å²) in [6.45, 7) is 9.74. The van der Waals surface area contributed by atoms with Crippen molar-refractivity contribution in [1.29, 1.82) is 0 Å². The second kappa shape index (κ2) is 7.08. The molecule has 0 radical (unpaired) electrons. The number of aromatic nitrogens is 4. The van der Waals surface area contributed by atoms with E-state index in [1.807, 2.05) is 38.1 Å². The number of para-hydroxylation sites is 1. The molecule has 0 bridgehead atoms. The van der Waals surface area contributed by atoms with Crippen molar-refractivity contribution < 1.29 is 9.32 Å². The number of furan rings is 1. The summed E-state index contributed by atoms with van der Waals surface area (Å²) in [5.41, 5.74) is 4.60. The molecule has 1 N–H and O–H groups in total. The third kappa shape index (κ3) is 3.21. The summed E-state index contributed by atoms with van der Waals surface area (Å²) in [5.74, 6) is 2.66. The molecule has 148 valence electrons. The van der Waals surface area contributed by atoms with E-state index < -0.39 is 0 Å². The molecule has 5 rings (SSSR count). The molecule has 0 spiro atoms. The van der Waals surface area contributed by atoms with Gasteiger partial charge in [0.05, 0.1) is 13.1 Å². The van der Waals surface area contributed by atoms with Gasteiger partial charge in [-0.05, 0) is 32.0 Å². The number of rotatable bonds is 3. The van der Waals surface area contributed by atoms with Crippen LogP contribution in [0.2, 0.25) is 0 Å². The van der Waals surface area contributed by atoms with Crippen molar-refractivity contribution in [3.05, 3.63) is 47.5 Å². The number of benzene rings is 1. The van der Waals surface area contributed by atoms with Crippen LogP contribution in [-0.4, -0.2) is 46.1 Å². The lowest BCUT2D eigenvalue weighted by atomic mass is 10.2. The van der Waals surface area contributed by atoms with Crippen LogP contribution in [0.25, 0.3) is 22.1 Å². The lowest BCUT2D eigenvalue weighted by molar-refractivity contribution is -0.838. The minimum Gasteiger partial charge on any atom is -0.450 e. The number of piperazine rings is 1. The molecule has 4 aromatic rings. The van der Waals surface area contributed by atoms with Crippen LogP contribution in [0.1, 0.15) is 24.1 Å². The zero-order chi connectivity index (χ0) is 20.0. The summed E-state index contributed by atoms with van der Waals surface area (Å²) < 4.78 is 6.18. The van der Waals surface area contributed by atoms with Gasteiger partial charge < -0.3 is 9.32 Å². The highest BCUT2D eigenvalue weighted by Gasteiger charge is 2.28. The van der Waals surface area contributed by atoms with Crippen molar-refractivity contribution in [3.8, 4) is 0 Å². The lowest BCUT2D eigenvalue weighted by Gasteiger charge is -2.31. The largest absolute Gasteiger partial charge is 0.450 e. The topological polar surface area (TPSA) is 72.4 Å². The number of hydrogen-bond donors (Lipinski definition) is 1. The lowest BCUT2D eigenvalue weighted by Crippen LogP contribution is -3.11. The van der Waals surface area contributed by atoms with Gasteiger partial charge in [0.2, 0.25) is 0 Å². The maximum atomic E-state index is 6.18. The average Bonchev–Trinajstić information content (AvgIpc) is 3.11. The quantitative estimate of drug-likeness (QED) is 0.580. The van der Waals surface area contributed by atoms with Crippen LogP contribution in [0.4, 0.5) is 11.8 Å². The maximum absolute atomic E-state index is 6.18. The van der Waals surface area contributed by atoms with Crippen LogP contribution in [0.15, 0.2) is 34.7 Å². The van der Waals surface area contributed by atoms with Crippen molar-refractivity contribution in [2.45, 2.75) is 27.2 Å². The van der Waals surface area contributed by atoms with E-state index in [9.17, 15) is 0 Å². The van der Waals surface area contributed by atoms with Crippen LogP contribution in [0, 0.1) is 13.8 Å². The van der Waals surface area contributed by atoms with Gasteiger partial charge in [0.25, 0.3) is 0 Å². The molecule has 29 heavy (non-hydrogen) atoms. The molecule has 0 atom stereocenters. The van der Waals surface area contributed by atoms with Crippen molar-refractivity contribution in [3.63, 3.8) is 0 Å². The predicted molar refractivity (Wildman–Crippen MR) is 113 cm³/mol. The van der Waals surface area contributed by atoms with E-state index in [-0.39, 0.29) is 0 Å². The van der Waals surface area contributed by atoms with Gasteiger partial charge in [-0.25, -0.2) is 9.97 Å². The fourth-order valence-corrected chi connectivity index (χ4v) is 4.09. The summed E-state index contributed by atoms with van der Waals surface area (Å²) in [5, 5.41) is 1.05. The van der Waals surface area contributed by atoms with Crippen LogP contribution in [0.5, 0.6) is 0 Å². The number of nitrogens with one attached hydrogen (secondary N) is 1. The Balaban J connectivity index is 1.48. The third-order valence-electron chi connectivity index (χ3n) is 5.53. The summed E-state index contributed by atoms with van der Waals surface area (Å²) >= 11 is 0. The second-order valence-corrected chi connectivity index (χ2v) is 7.66. The SMILES string of the molecule is CCc1nc(N2CC[NH+](c3nc(C)cc(C)n3)CC2)c2oc3ccccc3c2n1. The Morgan fingerprint density at radius 3 is 2.45 bits per heavy atom. The van der Waals surface area contributed by atoms with Crippen molar-refractivity contribution >= 4 is 33.8 Å². The molecule has 1 aliphatic rings. The van der Waals surface area contributed by atoms with Crippen LogP contribution < -0.4 is 9.80 Å². The summed E-state index contributed by atoms with van der Waals surface area (Å²) in [6, 6.07) is 10.1. The van der Waals surface area contributed by atoms with Gasteiger partial charge in [0.1, 0.15) is 30.0 Å². The highest BCUT2D eigenvalue weighted by Crippen LogP contribution is 2.33. The Labute approximate surface area is 169 Å². The summed E-state index contributed by atoms with van der Waals surface area (Å²) in [6.07, 6.45) is 0.796. The number of nitrogens with zero attached hydrogens (tertiary/aromatic N) is 5. The first-order valence-electron chi connectivity index (χ1n) is 10.2. The average molecular weight is 389 g/mol.